The number of carbonyl (C=O) groups is 2. The van der Waals surface area contributed by atoms with Crippen LogP contribution >= 0.6 is 23.8 Å². The summed E-state index contributed by atoms with van der Waals surface area (Å²) < 4.78 is 0. The molecule has 140 valence electrons. The zero-order chi connectivity index (χ0) is 18.7. The van der Waals surface area contributed by atoms with Crippen LogP contribution in [0.2, 0.25) is 5.02 Å². The van der Waals surface area contributed by atoms with Crippen LogP contribution in [0.4, 0.5) is 5.69 Å². The summed E-state index contributed by atoms with van der Waals surface area (Å²) >= 11 is 11.4. The molecule has 1 aliphatic heterocycles. The van der Waals surface area contributed by atoms with Crippen molar-refractivity contribution in [3.05, 3.63) is 29.3 Å². The molecule has 3 unspecified atom stereocenters. The molecule has 6 nitrogen and oxygen atoms in total. The van der Waals surface area contributed by atoms with E-state index in [1.807, 2.05) is 4.90 Å². The largest absolute Gasteiger partial charge is 0.366 e. The first-order valence-corrected chi connectivity index (χ1v) is 9.64. The van der Waals surface area contributed by atoms with E-state index in [1.165, 1.54) is 0 Å². The third kappa shape index (κ3) is 4.10. The summed E-state index contributed by atoms with van der Waals surface area (Å²) in [5.74, 6) is -0.391. The summed E-state index contributed by atoms with van der Waals surface area (Å²) in [7, 11) is 1.75. The summed E-state index contributed by atoms with van der Waals surface area (Å²) in [6.07, 6.45) is 4.13. The van der Waals surface area contributed by atoms with Crippen molar-refractivity contribution in [3.63, 3.8) is 0 Å². The van der Waals surface area contributed by atoms with Crippen LogP contribution in [0.25, 0.3) is 0 Å². The second-order valence-electron chi connectivity index (χ2n) is 6.71. The first-order chi connectivity index (χ1) is 12.5. The van der Waals surface area contributed by atoms with E-state index < -0.39 is 6.04 Å². The monoisotopic (exact) mass is 394 g/mol. The van der Waals surface area contributed by atoms with Gasteiger partial charge < -0.3 is 20.9 Å². The van der Waals surface area contributed by atoms with Crippen LogP contribution in [0.1, 0.15) is 32.1 Å². The van der Waals surface area contributed by atoms with Crippen LogP contribution in [-0.2, 0) is 9.59 Å². The number of nitrogens with one attached hydrogen (secondary N) is 3. The van der Waals surface area contributed by atoms with Crippen LogP contribution in [0.15, 0.2) is 24.3 Å². The average Bonchev–Trinajstić information content (AvgIpc) is 2.61. The minimum Gasteiger partial charge on any atom is -0.366 e. The van der Waals surface area contributed by atoms with Crippen LogP contribution in [-0.4, -0.2) is 47.0 Å². The SMILES string of the molecule is CNC(=S)N1C(CC(=O)Nc2cccc(Cl)c2)C(=O)NC2CCCCC21. The second-order valence-corrected chi connectivity index (χ2v) is 7.53. The number of hydrogen-bond acceptors (Lipinski definition) is 3. The van der Waals surface area contributed by atoms with Gasteiger partial charge in [-0.3, -0.25) is 9.59 Å². The van der Waals surface area contributed by atoms with Crippen LogP contribution in [0, 0.1) is 0 Å². The molecule has 8 heteroatoms. The lowest BCUT2D eigenvalue weighted by Gasteiger charge is -2.49. The molecule has 1 saturated carbocycles. The predicted molar refractivity (Wildman–Crippen MR) is 106 cm³/mol. The van der Waals surface area contributed by atoms with E-state index in [-0.39, 0.29) is 30.3 Å². The molecule has 2 aliphatic rings. The number of fused-ring (bicyclic) bond motifs is 1. The number of rotatable bonds is 3. The highest BCUT2D eigenvalue weighted by Gasteiger charge is 2.44. The Labute approximate surface area is 163 Å². The van der Waals surface area contributed by atoms with E-state index in [1.54, 1.807) is 31.3 Å². The zero-order valence-corrected chi connectivity index (χ0v) is 16.2. The van der Waals surface area contributed by atoms with E-state index in [2.05, 4.69) is 16.0 Å². The van der Waals surface area contributed by atoms with Crippen molar-refractivity contribution in [2.24, 2.45) is 0 Å². The molecule has 0 bridgehead atoms. The molecule has 3 atom stereocenters. The third-order valence-corrected chi connectivity index (χ3v) is 5.64. The maximum atomic E-state index is 12.7. The van der Waals surface area contributed by atoms with Gasteiger partial charge in [-0.05, 0) is 43.3 Å². The van der Waals surface area contributed by atoms with Gasteiger partial charge in [0.25, 0.3) is 0 Å². The second kappa shape index (κ2) is 8.22. The Hall–Kier alpha value is -1.86. The Morgan fingerprint density at radius 1 is 1.38 bits per heavy atom. The first kappa shape index (κ1) is 18.9. The van der Waals surface area contributed by atoms with Crippen molar-refractivity contribution in [3.8, 4) is 0 Å². The van der Waals surface area contributed by atoms with Crippen molar-refractivity contribution in [2.75, 3.05) is 12.4 Å². The molecular formula is C18H23ClN4O2S. The Kier molecular flexibility index (Phi) is 5.98. The smallest absolute Gasteiger partial charge is 0.243 e. The molecule has 1 heterocycles. The Balaban J connectivity index is 1.75. The molecular weight excluding hydrogens is 372 g/mol. The summed E-state index contributed by atoms with van der Waals surface area (Å²) in [6.45, 7) is 0. The van der Waals surface area contributed by atoms with Gasteiger partial charge >= 0.3 is 0 Å². The van der Waals surface area contributed by atoms with Crippen molar-refractivity contribution < 1.29 is 9.59 Å². The topological polar surface area (TPSA) is 73.5 Å². The van der Waals surface area contributed by atoms with Gasteiger partial charge in [-0.25, -0.2) is 0 Å². The molecule has 3 N–H and O–H groups in total. The molecule has 26 heavy (non-hydrogen) atoms. The van der Waals surface area contributed by atoms with Gasteiger partial charge in [0, 0.05) is 23.8 Å². The highest BCUT2D eigenvalue weighted by molar-refractivity contribution is 7.80. The maximum absolute atomic E-state index is 12.7. The quantitative estimate of drug-likeness (QED) is 0.686. The zero-order valence-electron chi connectivity index (χ0n) is 14.6. The standard InChI is InChI=1S/C18H23ClN4O2S/c1-20-18(26)23-14-8-3-2-7-13(14)22-17(25)15(23)10-16(24)21-12-6-4-5-11(19)9-12/h4-6,9,13-15H,2-3,7-8,10H2,1H3,(H,20,26)(H,21,24)(H,22,25). The molecule has 0 aromatic heterocycles. The van der Waals surface area contributed by atoms with Crippen LogP contribution in [0.3, 0.4) is 0 Å². The molecule has 0 radical (unpaired) electrons. The van der Waals surface area contributed by atoms with Crippen molar-refractivity contribution in [2.45, 2.75) is 50.2 Å². The number of piperazine rings is 1. The summed E-state index contributed by atoms with van der Waals surface area (Å²) in [5.41, 5.74) is 0.608. The number of amides is 2. The normalized spacial score (nSPS) is 25.1. The molecule has 1 aliphatic carbocycles. The average molecular weight is 395 g/mol. The summed E-state index contributed by atoms with van der Waals surface area (Å²) in [6, 6.07) is 6.54. The van der Waals surface area contributed by atoms with Gasteiger partial charge in [0.2, 0.25) is 11.8 Å². The molecule has 1 aromatic carbocycles. The van der Waals surface area contributed by atoms with Crippen molar-refractivity contribution in [1.82, 2.24) is 15.5 Å². The minimum absolute atomic E-state index is 0.0311. The fourth-order valence-corrected chi connectivity index (χ4v) is 4.27. The maximum Gasteiger partial charge on any atom is 0.243 e. The predicted octanol–water partition coefficient (Wildman–Crippen LogP) is 2.28. The van der Waals surface area contributed by atoms with E-state index >= 15 is 0 Å². The lowest BCUT2D eigenvalue weighted by molar-refractivity contribution is -0.134. The minimum atomic E-state index is -0.617. The number of anilines is 1. The van der Waals surface area contributed by atoms with Gasteiger partial charge in [0.15, 0.2) is 5.11 Å². The first-order valence-electron chi connectivity index (χ1n) is 8.85. The van der Waals surface area contributed by atoms with Crippen molar-refractivity contribution in [1.29, 1.82) is 0 Å². The van der Waals surface area contributed by atoms with E-state index in [9.17, 15) is 9.59 Å². The van der Waals surface area contributed by atoms with E-state index in [4.69, 9.17) is 23.8 Å². The van der Waals surface area contributed by atoms with E-state index in [0.717, 1.165) is 25.7 Å². The van der Waals surface area contributed by atoms with Crippen LogP contribution in [0.5, 0.6) is 0 Å². The summed E-state index contributed by atoms with van der Waals surface area (Å²) in [4.78, 5) is 27.1. The lowest BCUT2D eigenvalue weighted by Crippen LogP contribution is -2.69. The highest BCUT2D eigenvalue weighted by atomic mass is 35.5. The van der Waals surface area contributed by atoms with Crippen molar-refractivity contribution >= 4 is 46.4 Å². The Morgan fingerprint density at radius 2 is 2.15 bits per heavy atom. The van der Waals surface area contributed by atoms with Gasteiger partial charge in [-0.15, -0.1) is 0 Å². The third-order valence-electron chi connectivity index (χ3n) is 4.99. The molecule has 1 saturated heterocycles. The number of nitrogens with zero attached hydrogens (tertiary/aromatic N) is 1. The van der Waals surface area contributed by atoms with Gasteiger partial charge in [-0.1, -0.05) is 30.5 Å². The fraction of sp³-hybridized carbons (Fsp3) is 0.500. The van der Waals surface area contributed by atoms with E-state index in [0.29, 0.717) is 15.8 Å². The van der Waals surface area contributed by atoms with Gasteiger partial charge in [0.1, 0.15) is 6.04 Å². The highest BCUT2D eigenvalue weighted by Crippen LogP contribution is 2.29. The molecule has 3 rings (SSSR count). The molecule has 0 spiro atoms. The number of hydrogen-bond donors (Lipinski definition) is 3. The molecule has 1 aromatic rings. The fourth-order valence-electron chi connectivity index (χ4n) is 3.82. The Bertz CT molecular complexity index is 714. The molecule has 2 fully saturated rings. The number of halogens is 1. The number of benzene rings is 1. The number of thiocarbonyl (C=S) groups is 1. The molecule has 2 amide bonds. The van der Waals surface area contributed by atoms with Gasteiger partial charge in [0.05, 0.1) is 12.5 Å². The summed E-state index contributed by atoms with van der Waals surface area (Å²) in [5, 5.41) is 9.92. The van der Waals surface area contributed by atoms with Gasteiger partial charge in [-0.2, -0.15) is 0 Å². The lowest BCUT2D eigenvalue weighted by atomic mass is 9.85. The van der Waals surface area contributed by atoms with Crippen LogP contribution < -0.4 is 16.0 Å². The Morgan fingerprint density at radius 3 is 2.88 bits per heavy atom. The number of carbonyl (C=O) groups excluding carboxylic acids is 2.